The second-order valence-corrected chi connectivity index (χ2v) is 4.95. The van der Waals surface area contributed by atoms with Gasteiger partial charge in [0.2, 0.25) is 0 Å². The molecule has 0 rings (SSSR count). The number of carboxylic acid groups (broad SMARTS) is 1. The fourth-order valence-electron chi connectivity index (χ4n) is 2.10. The molecule has 0 radical (unpaired) electrons. The van der Waals surface area contributed by atoms with Gasteiger partial charge in [0.05, 0.1) is 18.5 Å². The van der Waals surface area contributed by atoms with Gasteiger partial charge in [0.15, 0.2) is 0 Å². The van der Waals surface area contributed by atoms with Gasteiger partial charge < -0.3 is 10.8 Å². The van der Waals surface area contributed by atoms with E-state index in [2.05, 4.69) is 16.0 Å². The molecule has 5 atom stereocenters. The Balaban J connectivity index is 0. The molecule has 6 N–H and O–H groups in total. The SMILES string of the molecule is CC(=O)C(C(=O)O)C(C)NC(C)NC(C)NC(C)N.[Ti]. The first-order valence-electron chi connectivity index (χ1n) is 6.42. The number of aliphatic carboxylic acids is 1. The molecule has 116 valence electrons. The van der Waals surface area contributed by atoms with Crippen molar-refractivity contribution in [1.82, 2.24) is 16.0 Å². The van der Waals surface area contributed by atoms with Crippen molar-refractivity contribution < 1.29 is 36.4 Å². The molecule has 0 saturated carbocycles. The summed E-state index contributed by atoms with van der Waals surface area (Å²) >= 11 is 0. The number of hydrogen-bond donors (Lipinski definition) is 5. The van der Waals surface area contributed by atoms with Gasteiger partial charge in [-0.05, 0) is 34.6 Å². The monoisotopic (exact) mass is 322 g/mol. The number of carboxylic acids is 1. The van der Waals surface area contributed by atoms with E-state index in [-0.39, 0.29) is 46.0 Å². The topological polar surface area (TPSA) is 116 Å². The molecule has 0 heterocycles. The van der Waals surface area contributed by atoms with Gasteiger partial charge in [-0.3, -0.25) is 25.5 Å². The summed E-state index contributed by atoms with van der Waals surface area (Å²) in [7, 11) is 0. The smallest absolute Gasteiger partial charge is 0.315 e. The summed E-state index contributed by atoms with van der Waals surface area (Å²) in [6, 6.07) is -0.458. The number of Topliss-reactive ketones (excluding diaryl/α,β-unsaturated/α-hetero) is 1. The van der Waals surface area contributed by atoms with Crippen LogP contribution in [0.15, 0.2) is 0 Å². The Bertz CT molecular complexity index is 301. The fraction of sp³-hybridized carbons (Fsp3) is 0.833. The maximum atomic E-state index is 11.3. The second kappa shape index (κ2) is 10.4. The molecule has 5 unspecified atom stereocenters. The number of carbonyl (C=O) groups is 2. The predicted molar refractivity (Wildman–Crippen MR) is 73.2 cm³/mol. The van der Waals surface area contributed by atoms with E-state index in [9.17, 15) is 9.59 Å². The van der Waals surface area contributed by atoms with E-state index in [0.717, 1.165) is 0 Å². The molecule has 0 aliphatic carbocycles. The number of hydrogen-bond acceptors (Lipinski definition) is 6. The summed E-state index contributed by atoms with van der Waals surface area (Å²) in [6.07, 6.45) is -0.330. The van der Waals surface area contributed by atoms with Crippen LogP contribution in [-0.2, 0) is 31.3 Å². The van der Waals surface area contributed by atoms with E-state index in [4.69, 9.17) is 10.8 Å². The van der Waals surface area contributed by atoms with Crippen LogP contribution in [0, 0.1) is 5.92 Å². The van der Waals surface area contributed by atoms with Gasteiger partial charge in [0, 0.05) is 27.8 Å². The molecule has 8 heteroatoms. The van der Waals surface area contributed by atoms with Gasteiger partial charge in [0.25, 0.3) is 0 Å². The third-order valence-electron chi connectivity index (χ3n) is 2.73. The van der Waals surface area contributed by atoms with Crippen molar-refractivity contribution in [1.29, 1.82) is 0 Å². The molecule has 20 heavy (non-hydrogen) atoms. The summed E-state index contributed by atoms with van der Waals surface area (Å²) in [4.78, 5) is 22.3. The number of ketones is 1. The van der Waals surface area contributed by atoms with E-state index in [1.807, 2.05) is 20.8 Å². The van der Waals surface area contributed by atoms with Crippen molar-refractivity contribution in [3.8, 4) is 0 Å². The van der Waals surface area contributed by atoms with E-state index >= 15 is 0 Å². The Kier molecular flexibility index (Phi) is 11.5. The average Bonchev–Trinajstić information content (AvgIpc) is 2.12. The summed E-state index contributed by atoms with van der Waals surface area (Å²) in [5.74, 6) is -2.51. The first-order chi connectivity index (χ1) is 8.65. The fourth-order valence-corrected chi connectivity index (χ4v) is 2.10. The van der Waals surface area contributed by atoms with Crippen molar-refractivity contribution >= 4 is 11.8 Å². The van der Waals surface area contributed by atoms with Gasteiger partial charge in [-0.2, -0.15) is 0 Å². The summed E-state index contributed by atoms with van der Waals surface area (Å²) in [6.45, 7) is 8.56. The summed E-state index contributed by atoms with van der Waals surface area (Å²) < 4.78 is 0. The van der Waals surface area contributed by atoms with E-state index in [0.29, 0.717) is 0 Å². The van der Waals surface area contributed by atoms with Crippen LogP contribution in [0.3, 0.4) is 0 Å². The van der Waals surface area contributed by atoms with Gasteiger partial charge in [-0.1, -0.05) is 0 Å². The van der Waals surface area contributed by atoms with Crippen LogP contribution in [0.25, 0.3) is 0 Å². The van der Waals surface area contributed by atoms with Crippen LogP contribution in [0.1, 0.15) is 34.6 Å². The molecular formula is C12H26N4O3Ti. The molecule has 0 fully saturated rings. The largest absolute Gasteiger partial charge is 0.481 e. The average molecular weight is 322 g/mol. The summed E-state index contributed by atoms with van der Waals surface area (Å²) in [5.41, 5.74) is 5.60. The molecular weight excluding hydrogens is 296 g/mol. The molecule has 7 nitrogen and oxygen atoms in total. The maximum Gasteiger partial charge on any atom is 0.315 e. The van der Waals surface area contributed by atoms with Crippen LogP contribution in [0.2, 0.25) is 0 Å². The van der Waals surface area contributed by atoms with E-state index in [1.54, 1.807) is 6.92 Å². The third kappa shape index (κ3) is 8.78. The normalized spacial score (nSPS) is 18.3. The van der Waals surface area contributed by atoms with Crippen molar-refractivity contribution in [3.05, 3.63) is 0 Å². The van der Waals surface area contributed by atoms with Crippen LogP contribution < -0.4 is 21.7 Å². The minimum Gasteiger partial charge on any atom is -0.481 e. The Morgan fingerprint density at radius 1 is 1.00 bits per heavy atom. The molecule has 0 aliphatic rings. The second-order valence-electron chi connectivity index (χ2n) is 4.95. The molecule has 0 aromatic rings. The van der Waals surface area contributed by atoms with Crippen molar-refractivity contribution in [2.75, 3.05) is 0 Å². The molecule has 0 spiro atoms. The summed E-state index contributed by atoms with van der Waals surface area (Å²) in [5, 5.41) is 18.3. The molecule has 0 aliphatic heterocycles. The van der Waals surface area contributed by atoms with Gasteiger partial charge in [-0.15, -0.1) is 0 Å². The van der Waals surface area contributed by atoms with Gasteiger partial charge in [-0.25, -0.2) is 0 Å². The van der Waals surface area contributed by atoms with Crippen molar-refractivity contribution in [2.24, 2.45) is 11.7 Å². The molecule has 0 bridgehead atoms. The zero-order chi connectivity index (χ0) is 15.2. The van der Waals surface area contributed by atoms with Crippen LogP contribution in [-0.4, -0.2) is 41.4 Å². The first kappa shape index (κ1) is 22.0. The van der Waals surface area contributed by atoms with Crippen LogP contribution >= 0.6 is 0 Å². The Labute approximate surface area is 135 Å². The van der Waals surface area contributed by atoms with Crippen molar-refractivity contribution in [3.63, 3.8) is 0 Å². The maximum absolute atomic E-state index is 11.3. The number of nitrogens with one attached hydrogen (secondary N) is 3. The Morgan fingerprint density at radius 3 is 1.80 bits per heavy atom. The number of rotatable bonds is 9. The molecule has 0 aromatic heterocycles. The minimum atomic E-state index is -1.11. The van der Waals surface area contributed by atoms with Gasteiger partial charge >= 0.3 is 5.97 Å². The van der Waals surface area contributed by atoms with E-state index < -0.39 is 17.9 Å². The predicted octanol–water partition coefficient (Wildman–Crippen LogP) is -0.572. The standard InChI is InChI=1S/C12H26N4O3.Ti/c1-6(11(7(2)17)12(18)19)14-9(4)16-10(5)15-8(3)13;/h6,8-11,14-16H,13H2,1-5H3,(H,18,19);. The molecule has 0 amide bonds. The number of nitrogens with two attached hydrogens (primary N) is 1. The Morgan fingerprint density at radius 2 is 1.45 bits per heavy atom. The molecule has 0 aromatic carbocycles. The zero-order valence-electron chi connectivity index (χ0n) is 12.7. The minimum absolute atomic E-state index is 0. The number of carbonyl (C=O) groups excluding carboxylic acids is 1. The first-order valence-corrected chi connectivity index (χ1v) is 6.42. The van der Waals surface area contributed by atoms with Crippen LogP contribution in [0.4, 0.5) is 0 Å². The third-order valence-corrected chi connectivity index (χ3v) is 2.73. The van der Waals surface area contributed by atoms with Crippen LogP contribution in [0.5, 0.6) is 0 Å². The molecule has 0 saturated heterocycles. The zero-order valence-corrected chi connectivity index (χ0v) is 14.3. The van der Waals surface area contributed by atoms with Gasteiger partial charge in [0.1, 0.15) is 11.7 Å². The van der Waals surface area contributed by atoms with Crippen molar-refractivity contribution in [2.45, 2.75) is 59.2 Å². The van der Waals surface area contributed by atoms with E-state index in [1.165, 1.54) is 6.92 Å². The Hall–Kier alpha value is -0.306. The quantitative estimate of drug-likeness (QED) is 0.219.